The number of nitrogens with one attached hydrogen (secondary N) is 2. The zero-order valence-corrected chi connectivity index (χ0v) is 21.6. The van der Waals surface area contributed by atoms with Crippen LogP contribution in [0.25, 0.3) is 0 Å². The van der Waals surface area contributed by atoms with Crippen LogP contribution in [-0.4, -0.2) is 64.3 Å². The zero-order chi connectivity index (χ0) is 22.6. The van der Waals surface area contributed by atoms with Crippen LogP contribution in [0, 0.1) is 0 Å². The van der Waals surface area contributed by atoms with E-state index in [2.05, 4.69) is 15.6 Å². The molecule has 0 bridgehead atoms. The number of ether oxygens (including phenoxy) is 3. The van der Waals surface area contributed by atoms with E-state index in [1.165, 1.54) is 4.90 Å². The zero-order valence-electron chi connectivity index (χ0n) is 19.3. The van der Waals surface area contributed by atoms with Gasteiger partial charge in [-0.15, -0.1) is 24.0 Å². The van der Waals surface area contributed by atoms with Crippen LogP contribution in [0.3, 0.4) is 0 Å². The summed E-state index contributed by atoms with van der Waals surface area (Å²) >= 11 is 0. The molecule has 1 amide bonds. The van der Waals surface area contributed by atoms with Crippen molar-refractivity contribution in [2.24, 2.45) is 4.99 Å². The molecule has 1 unspecified atom stereocenters. The van der Waals surface area contributed by atoms with E-state index in [1.54, 1.807) is 28.3 Å². The smallest absolute Gasteiger partial charge is 0.241 e. The number of hydrogen-bond donors (Lipinski definition) is 2. The van der Waals surface area contributed by atoms with Gasteiger partial charge in [-0.05, 0) is 36.8 Å². The van der Waals surface area contributed by atoms with Crippen LogP contribution in [0.5, 0.6) is 17.2 Å². The third kappa shape index (κ3) is 9.63. The molecule has 0 aliphatic rings. The fourth-order valence-electron chi connectivity index (χ4n) is 2.58. The molecule has 8 nitrogen and oxygen atoms in total. The Hall–Kier alpha value is -2.69. The summed E-state index contributed by atoms with van der Waals surface area (Å²) in [5.41, 5.74) is 1.03. The molecule has 0 saturated heterocycles. The van der Waals surface area contributed by atoms with Crippen molar-refractivity contribution in [1.29, 1.82) is 0 Å². The first-order valence-corrected chi connectivity index (χ1v) is 10.1. The summed E-state index contributed by atoms with van der Waals surface area (Å²) in [7, 11) is 6.69. The first kappa shape index (κ1) is 27.3. The van der Waals surface area contributed by atoms with E-state index in [-0.39, 0.29) is 42.5 Å². The van der Waals surface area contributed by atoms with E-state index >= 15 is 0 Å². The average molecular weight is 556 g/mol. The molecule has 32 heavy (non-hydrogen) atoms. The molecule has 0 heterocycles. The second-order valence-corrected chi connectivity index (χ2v) is 7.14. The number of benzene rings is 2. The Bertz CT molecular complexity index is 859. The molecule has 2 rings (SSSR count). The summed E-state index contributed by atoms with van der Waals surface area (Å²) in [5, 5.41) is 6.32. The molecule has 176 valence electrons. The van der Waals surface area contributed by atoms with Crippen molar-refractivity contribution in [2.75, 3.05) is 41.4 Å². The van der Waals surface area contributed by atoms with Gasteiger partial charge in [0.05, 0.1) is 33.9 Å². The number of amides is 1. The third-order valence-electron chi connectivity index (χ3n) is 4.42. The number of rotatable bonds is 10. The van der Waals surface area contributed by atoms with Crippen molar-refractivity contribution in [3.8, 4) is 17.2 Å². The fraction of sp³-hybridized carbons (Fsp3) is 0.391. The molecule has 2 aromatic rings. The number of hydrogen-bond acceptors (Lipinski definition) is 5. The molecule has 1 atom stereocenters. The Morgan fingerprint density at radius 3 is 2.28 bits per heavy atom. The van der Waals surface area contributed by atoms with E-state index in [4.69, 9.17) is 14.2 Å². The van der Waals surface area contributed by atoms with Crippen molar-refractivity contribution in [2.45, 2.75) is 19.6 Å². The normalized spacial score (nSPS) is 11.6. The summed E-state index contributed by atoms with van der Waals surface area (Å²) < 4.78 is 16.4. The SMILES string of the molecule is COc1ccc(CN=C(NCC(=O)N(C)C)NCC(C)Oc2cccc(OC)c2)cc1.I. The number of aliphatic imine (C=N–C) groups is 1. The van der Waals surface area contributed by atoms with E-state index < -0.39 is 0 Å². The second kappa shape index (κ2) is 14.4. The number of methoxy groups -OCH3 is 2. The highest BCUT2D eigenvalue weighted by atomic mass is 127. The second-order valence-electron chi connectivity index (χ2n) is 7.14. The van der Waals surface area contributed by atoms with E-state index in [9.17, 15) is 4.79 Å². The van der Waals surface area contributed by atoms with Crippen molar-refractivity contribution < 1.29 is 19.0 Å². The number of halogens is 1. The molecule has 0 aliphatic heterocycles. The predicted octanol–water partition coefficient (Wildman–Crippen LogP) is 2.91. The van der Waals surface area contributed by atoms with E-state index in [1.807, 2.05) is 55.5 Å². The minimum Gasteiger partial charge on any atom is -0.497 e. The van der Waals surface area contributed by atoms with Gasteiger partial charge in [0.15, 0.2) is 5.96 Å². The Morgan fingerprint density at radius 2 is 1.66 bits per heavy atom. The van der Waals surface area contributed by atoms with Crippen LogP contribution in [0.4, 0.5) is 0 Å². The Balaban J connectivity index is 0.00000512. The third-order valence-corrected chi connectivity index (χ3v) is 4.42. The van der Waals surface area contributed by atoms with Crippen molar-refractivity contribution in [3.63, 3.8) is 0 Å². The van der Waals surface area contributed by atoms with E-state index in [0.29, 0.717) is 19.0 Å². The lowest BCUT2D eigenvalue weighted by atomic mass is 10.2. The standard InChI is InChI=1S/C23H32N4O4.HI/c1-17(31-21-8-6-7-20(13-21)30-5)14-24-23(26-16-22(28)27(2)3)25-15-18-9-11-19(29-4)12-10-18;/h6-13,17H,14-16H2,1-5H3,(H2,24,25,26);1H. The molecule has 2 aromatic carbocycles. The summed E-state index contributed by atoms with van der Waals surface area (Å²) in [6.45, 7) is 3.06. The lowest BCUT2D eigenvalue weighted by Gasteiger charge is -2.19. The van der Waals surface area contributed by atoms with Gasteiger partial charge in [0.2, 0.25) is 5.91 Å². The molecular formula is C23H33IN4O4. The molecule has 0 aliphatic carbocycles. The van der Waals surface area contributed by atoms with Crippen LogP contribution in [0.1, 0.15) is 12.5 Å². The summed E-state index contributed by atoms with van der Waals surface area (Å²) in [5.74, 6) is 2.75. The summed E-state index contributed by atoms with van der Waals surface area (Å²) in [6.07, 6.45) is -0.135. The van der Waals surface area contributed by atoms with Gasteiger partial charge < -0.3 is 29.7 Å². The minimum atomic E-state index is -0.135. The van der Waals surface area contributed by atoms with Crippen molar-refractivity contribution >= 4 is 35.8 Å². The number of guanidine groups is 1. The molecule has 0 radical (unpaired) electrons. The Labute approximate surface area is 207 Å². The number of likely N-dealkylation sites (N-methyl/N-ethyl adjacent to an activating group) is 1. The Kier molecular flexibility index (Phi) is 12.3. The van der Waals surface area contributed by atoms with E-state index in [0.717, 1.165) is 22.8 Å². The van der Waals surface area contributed by atoms with Gasteiger partial charge in [-0.1, -0.05) is 18.2 Å². The van der Waals surface area contributed by atoms with Gasteiger partial charge >= 0.3 is 0 Å². The monoisotopic (exact) mass is 556 g/mol. The maximum atomic E-state index is 12.0. The highest BCUT2D eigenvalue weighted by Gasteiger charge is 2.09. The minimum absolute atomic E-state index is 0. The highest BCUT2D eigenvalue weighted by Crippen LogP contribution is 2.19. The predicted molar refractivity (Wildman–Crippen MR) is 137 cm³/mol. The van der Waals surface area contributed by atoms with Gasteiger partial charge in [-0.25, -0.2) is 4.99 Å². The van der Waals surface area contributed by atoms with Crippen LogP contribution >= 0.6 is 24.0 Å². The van der Waals surface area contributed by atoms with Gasteiger partial charge in [0, 0.05) is 20.2 Å². The molecule has 2 N–H and O–H groups in total. The van der Waals surface area contributed by atoms with Crippen molar-refractivity contribution in [1.82, 2.24) is 15.5 Å². The van der Waals surface area contributed by atoms with Gasteiger partial charge in [0.25, 0.3) is 0 Å². The summed E-state index contributed by atoms with van der Waals surface area (Å²) in [6, 6.07) is 15.2. The van der Waals surface area contributed by atoms with Crippen LogP contribution < -0.4 is 24.8 Å². The average Bonchev–Trinajstić information content (AvgIpc) is 2.78. The summed E-state index contributed by atoms with van der Waals surface area (Å²) in [4.78, 5) is 18.1. The number of nitrogens with zero attached hydrogens (tertiary/aromatic N) is 2. The number of carbonyl (C=O) groups excluding carboxylic acids is 1. The first-order valence-electron chi connectivity index (χ1n) is 10.1. The van der Waals surface area contributed by atoms with Gasteiger partial charge in [0.1, 0.15) is 23.4 Å². The maximum Gasteiger partial charge on any atom is 0.241 e. The molecule has 0 saturated carbocycles. The lowest BCUT2D eigenvalue weighted by molar-refractivity contribution is -0.127. The van der Waals surface area contributed by atoms with Gasteiger partial charge in [-0.2, -0.15) is 0 Å². The fourth-order valence-corrected chi connectivity index (χ4v) is 2.58. The maximum absolute atomic E-state index is 12.0. The quantitative estimate of drug-likeness (QED) is 0.266. The van der Waals surface area contributed by atoms with Crippen molar-refractivity contribution in [3.05, 3.63) is 54.1 Å². The molecule has 9 heteroatoms. The molecular weight excluding hydrogens is 523 g/mol. The van der Waals surface area contributed by atoms with Crippen LogP contribution in [0.2, 0.25) is 0 Å². The molecule has 0 aromatic heterocycles. The topological polar surface area (TPSA) is 84.4 Å². The number of carbonyl (C=O) groups is 1. The largest absolute Gasteiger partial charge is 0.497 e. The molecule has 0 fully saturated rings. The first-order chi connectivity index (χ1) is 14.9. The van der Waals surface area contributed by atoms with Gasteiger partial charge in [-0.3, -0.25) is 4.79 Å². The molecule has 0 spiro atoms. The Morgan fingerprint density at radius 1 is 1.00 bits per heavy atom. The highest BCUT2D eigenvalue weighted by molar-refractivity contribution is 14.0. The van der Waals surface area contributed by atoms with Crippen LogP contribution in [-0.2, 0) is 11.3 Å². The van der Waals surface area contributed by atoms with Crippen LogP contribution in [0.15, 0.2) is 53.5 Å². The lowest BCUT2D eigenvalue weighted by Crippen LogP contribution is -2.45.